The lowest BCUT2D eigenvalue weighted by Gasteiger charge is -2.09. The summed E-state index contributed by atoms with van der Waals surface area (Å²) in [5.74, 6) is -1.58. The fourth-order valence-corrected chi connectivity index (χ4v) is 2.82. The minimum absolute atomic E-state index is 0.0515. The van der Waals surface area contributed by atoms with Gasteiger partial charge in [0, 0.05) is 5.69 Å². The molecule has 0 amide bonds. The molecule has 0 radical (unpaired) electrons. The molecule has 21 heavy (non-hydrogen) atoms. The normalized spacial score (nSPS) is 11.1. The molecule has 110 valence electrons. The lowest BCUT2D eigenvalue weighted by atomic mass is 10.2. The molecule has 2 rings (SSSR count). The Kier molecular flexibility index (Phi) is 3.95. The number of nitrogens with one attached hydrogen (secondary N) is 1. The topological polar surface area (TPSA) is 83.5 Å². The smallest absolute Gasteiger partial charge is 0.335 e. The van der Waals surface area contributed by atoms with Crippen molar-refractivity contribution < 1.29 is 22.7 Å². The maximum atomic E-state index is 13.2. The molecule has 0 aliphatic carbocycles. The van der Waals surface area contributed by atoms with E-state index in [2.05, 4.69) is 4.72 Å². The van der Waals surface area contributed by atoms with Gasteiger partial charge in [0.1, 0.15) is 5.82 Å². The highest BCUT2D eigenvalue weighted by molar-refractivity contribution is 7.92. The summed E-state index contributed by atoms with van der Waals surface area (Å²) >= 11 is 0. The van der Waals surface area contributed by atoms with Crippen LogP contribution in [0.25, 0.3) is 0 Å². The van der Waals surface area contributed by atoms with Gasteiger partial charge in [-0.3, -0.25) is 4.72 Å². The van der Waals surface area contributed by atoms with Gasteiger partial charge in [-0.25, -0.2) is 17.6 Å². The summed E-state index contributed by atoms with van der Waals surface area (Å²) in [5.41, 5.74) is 0.497. The maximum absolute atomic E-state index is 13.2. The van der Waals surface area contributed by atoms with Crippen molar-refractivity contribution in [2.24, 2.45) is 0 Å². The molecular weight excluding hydrogens is 297 g/mol. The third kappa shape index (κ3) is 3.38. The highest BCUT2D eigenvalue weighted by atomic mass is 32.2. The van der Waals surface area contributed by atoms with Crippen LogP contribution in [0.1, 0.15) is 15.9 Å². The molecule has 5 nitrogen and oxygen atoms in total. The van der Waals surface area contributed by atoms with Crippen molar-refractivity contribution in [1.82, 2.24) is 0 Å². The zero-order valence-electron chi connectivity index (χ0n) is 11.0. The second-order valence-corrected chi connectivity index (χ2v) is 6.08. The van der Waals surface area contributed by atoms with E-state index in [1.807, 2.05) is 0 Å². The summed E-state index contributed by atoms with van der Waals surface area (Å²) < 4.78 is 39.7. The number of anilines is 1. The first-order valence-corrected chi connectivity index (χ1v) is 7.40. The predicted octanol–water partition coefficient (Wildman–Crippen LogP) is 2.63. The third-order valence-electron chi connectivity index (χ3n) is 2.82. The predicted molar refractivity (Wildman–Crippen MR) is 75.3 cm³/mol. The standard InChI is InChI=1S/C14H12FNO4S/c1-9-8-12(6-7-13(9)15)21(19,20)16-11-4-2-10(3-5-11)14(17)18/h2-8,16H,1H3,(H,17,18). The van der Waals surface area contributed by atoms with Crippen molar-refractivity contribution in [3.8, 4) is 0 Å². The van der Waals surface area contributed by atoms with Crippen molar-refractivity contribution in [3.63, 3.8) is 0 Å². The van der Waals surface area contributed by atoms with Crippen molar-refractivity contribution in [3.05, 3.63) is 59.4 Å². The maximum Gasteiger partial charge on any atom is 0.335 e. The van der Waals surface area contributed by atoms with Crippen LogP contribution in [0.15, 0.2) is 47.4 Å². The number of halogens is 1. The molecule has 2 aromatic rings. The number of carboxylic acids is 1. The summed E-state index contributed by atoms with van der Waals surface area (Å²) in [6, 6.07) is 8.73. The summed E-state index contributed by atoms with van der Waals surface area (Å²) in [4.78, 5) is 10.6. The van der Waals surface area contributed by atoms with Gasteiger partial charge in [-0.15, -0.1) is 0 Å². The Balaban J connectivity index is 2.28. The number of rotatable bonds is 4. The molecule has 0 spiro atoms. The monoisotopic (exact) mass is 309 g/mol. The molecule has 0 atom stereocenters. The zero-order chi connectivity index (χ0) is 15.6. The average Bonchev–Trinajstić information content (AvgIpc) is 2.42. The van der Waals surface area contributed by atoms with Gasteiger partial charge in [0.25, 0.3) is 10.0 Å². The fourth-order valence-electron chi connectivity index (χ4n) is 1.68. The van der Waals surface area contributed by atoms with E-state index in [0.29, 0.717) is 0 Å². The zero-order valence-corrected chi connectivity index (χ0v) is 11.8. The van der Waals surface area contributed by atoms with Crippen LogP contribution >= 0.6 is 0 Å². The molecule has 2 aromatic carbocycles. The van der Waals surface area contributed by atoms with Gasteiger partial charge < -0.3 is 5.11 Å². The second kappa shape index (κ2) is 5.53. The van der Waals surface area contributed by atoms with E-state index < -0.39 is 21.8 Å². The first kappa shape index (κ1) is 15.0. The molecule has 0 saturated heterocycles. The number of aromatic carboxylic acids is 1. The number of aryl methyl sites for hydroxylation is 1. The van der Waals surface area contributed by atoms with Gasteiger partial charge in [0.05, 0.1) is 10.5 Å². The van der Waals surface area contributed by atoms with Gasteiger partial charge in [-0.1, -0.05) is 0 Å². The van der Waals surface area contributed by atoms with Gasteiger partial charge in [0.15, 0.2) is 0 Å². The van der Waals surface area contributed by atoms with E-state index in [1.165, 1.54) is 37.3 Å². The SMILES string of the molecule is Cc1cc(S(=O)(=O)Nc2ccc(C(=O)O)cc2)ccc1F. The Bertz CT molecular complexity index is 785. The Morgan fingerprint density at radius 2 is 1.76 bits per heavy atom. The van der Waals surface area contributed by atoms with Gasteiger partial charge >= 0.3 is 5.97 Å². The van der Waals surface area contributed by atoms with E-state index in [1.54, 1.807) is 0 Å². The quantitative estimate of drug-likeness (QED) is 0.909. The summed E-state index contributed by atoms with van der Waals surface area (Å²) in [6.45, 7) is 1.47. The minimum atomic E-state index is -3.85. The molecule has 7 heteroatoms. The molecular formula is C14H12FNO4S. The number of hydrogen-bond donors (Lipinski definition) is 2. The van der Waals surface area contributed by atoms with E-state index >= 15 is 0 Å². The van der Waals surface area contributed by atoms with Crippen LogP contribution in [-0.2, 0) is 10.0 Å². The minimum Gasteiger partial charge on any atom is -0.478 e. The summed E-state index contributed by atoms with van der Waals surface area (Å²) in [5, 5.41) is 8.77. The van der Waals surface area contributed by atoms with E-state index in [4.69, 9.17) is 5.11 Å². The average molecular weight is 309 g/mol. The Hall–Kier alpha value is -2.41. The van der Waals surface area contributed by atoms with Crippen LogP contribution < -0.4 is 4.72 Å². The third-order valence-corrected chi connectivity index (χ3v) is 4.20. The molecule has 0 saturated carbocycles. The molecule has 0 aliphatic rings. The highest BCUT2D eigenvalue weighted by Crippen LogP contribution is 2.19. The van der Waals surface area contributed by atoms with Crippen LogP contribution in [0.4, 0.5) is 10.1 Å². The van der Waals surface area contributed by atoms with E-state index in [-0.39, 0.29) is 21.7 Å². The summed E-state index contributed by atoms with van der Waals surface area (Å²) in [6.07, 6.45) is 0. The number of sulfonamides is 1. The van der Waals surface area contributed by atoms with Crippen LogP contribution in [0.2, 0.25) is 0 Å². The lowest BCUT2D eigenvalue weighted by molar-refractivity contribution is 0.0697. The molecule has 0 fully saturated rings. The molecule has 0 bridgehead atoms. The van der Waals surface area contributed by atoms with Crippen molar-refractivity contribution >= 4 is 21.7 Å². The largest absolute Gasteiger partial charge is 0.478 e. The van der Waals surface area contributed by atoms with Gasteiger partial charge in [-0.05, 0) is 55.0 Å². The Morgan fingerprint density at radius 3 is 2.29 bits per heavy atom. The Labute approximate surface area is 121 Å². The number of carbonyl (C=O) groups is 1. The highest BCUT2D eigenvalue weighted by Gasteiger charge is 2.15. The van der Waals surface area contributed by atoms with Crippen LogP contribution in [0, 0.1) is 12.7 Å². The fraction of sp³-hybridized carbons (Fsp3) is 0.0714. The molecule has 0 aromatic heterocycles. The summed E-state index contributed by atoms with van der Waals surface area (Å²) in [7, 11) is -3.85. The molecule has 0 unspecified atom stereocenters. The molecule has 0 heterocycles. The molecule has 2 N–H and O–H groups in total. The van der Waals surface area contributed by atoms with Crippen LogP contribution in [0.3, 0.4) is 0 Å². The lowest BCUT2D eigenvalue weighted by Crippen LogP contribution is -2.13. The van der Waals surface area contributed by atoms with Gasteiger partial charge in [0.2, 0.25) is 0 Å². The number of benzene rings is 2. The first-order chi connectivity index (χ1) is 9.79. The van der Waals surface area contributed by atoms with Crippen molar-refractivity contribution in [2.75, 3.05) is 4.72 Å². The van der Waals surface area contributed by atoms with Gasteiger partial charge in [-0.2, -0.15) is 0 Å². The number of carboxylic acid groups (broad SMARTS) is 1. The second-order valence-electron chi connectivity index (χ2n) is 4.40. The Morgan fingerprint density at radius 1 is 1.14 bits per heavy atom. The van der Waals surface area contributed by atoms with Crippen molar-refractivity contribution in [2.45, 2.75) is 11.8 Å². The van der Waals surface area contributed by atoms with E-state index in [0.717, 1.165) is 12.1 Å². The molecule has 0 aliphatic heterocycles. The number of hydrogen-bond acceptors (Lipinski definition) is 3. The van der Waals surface area contributed by atoms with Crippen LogP contribution in [-0.4, -0.2) is 19.5 Å². The van der Waals surface area contributed by atoms with E-state index in [9.17, 15) is 17.6 Å². The van der Waals surface area contributed by atoms with Crippen molar-refractivity contribution in [1.29, 1.82) is 0 Å². The first-order valence-electron chi connectivity index (χ1n) is 5.92. The van der Waals surface area contributed by atoms with Crippen LogP contribution in [0.5, 0.6) is 0 Å².